The van der Waals surface area contributed by atoms with E-state index in [0.29, 0.717) is 36.8 Å². The first-order valence-corrected chi connectivity index (χ1v) is 9.91. The molecule has 1 fully saturated rings. The Balaban J connectivity index is 2.09. The number of esters is 1. The topological polar surface area (TPSA) is 84.7 Å². The Morgan fingerprint density at radius 3 is 2.70 bits per heavy atom. The molecular formula is C19H25N3O4S. The number of thioether (sulfide) groups is 1. The number of hydrogen-bond donors (Lipinski definition) is 0. The third-order valence-corrected chi connectivity index (χ3v) is 5.88. The lowest BCUT2D eigenvalue weighted by Gasteiger charge is -2.37. The number of hydrogen-bond acceptors (Lipinski definition) is 8. The van der Waals surface area contributed by atoms with Gasteiger partial charge in [0.2, 0.25) is 0 Å². The number of anilines is 1. The molecule has 8 heteroatoms. The first kappa shape index (κ1) is 19.9. The van der Waals surface area contributed by atoms with E-state index < -0.39 is 5.25 Å². The van der Waals surface area contributed by atoms with Crippen molar-refractivity contribution in [3.05, 3.63) is 16.7 Å². The summed E-state index contributed by atoms with van der Waals surface area (Å²) in [5.74, 6) is 0.502. The predicted octanol–water partition coefficient (Wildman–Crippen LogP) is 2.29. The van der Waals surface area contributed by atoms with Gasteiger partial charge in [0, 0.05) is 25.1 Å². The summed E-state index contributed by atoms with van der Waals surface area (Å²) in [6.07, 6.45) is 0.630. The Bertz CT molecular complexity index is 769. The van der Waals surface area contributed by atoms with Crippen LogP contribution in [0.25, 0.3) is 0 Å². The van der Waals surface area contributed by atoms with Crippen molar-refractivity contribution in [2.75, 3.05) is 38.3 Å². The van der Waals surface area contributed by atoms with Crippen LogP contribution in [0.1, 0.15) is 37.5 Å². The van der Waals surface area contributed by atoms with Crippen molar-refractivity contribution in [1.82, 2.24) is 4.98 Å². The number of methoxy groups -OCH3 is 1. The fourth-order valence-corrected chi connectivity index (χ4v) is 4.30. The SMILES string of the molecule is COC(=O)[C@@H](C)Sc1nc(N2CCOCC2)c2c(c1C#N)CC(C)(C)OC2. The zero-order valence-electron chi connectivity index (χ0n) is 16.2. The van der Waals surface area contributed by atoms with Crippen LogP contribution >= 0.6 is 11.8 Å². The second kappa shape index (κ2) is 8.05. The molecule has 1 saturated heterocycles. The van der Waals surface area contributed by atoms with Gasteiger partial charge in [0.1, 0.15) is 22.2 Å². The van der Waals surface area contributed by atoms with E-state index >= 15 is 0 Å². The molecule has 1 aromatic rings. The molecule has 3 heterocycles. The number of rotatable bonds is 4. The van der Waals surface area contributed by atoms with Gasteiger partial charge >= 0.3 is 5.97 Å². The van der Waals surface area contributed by atoms with E-state index in [0.717, 1.165) is 30.0 Å². The number of ether oxygens (including phenoxy) is 3. The van der Waals surface area contributed by atoms with E-state index in [2.05, 4.69) is 11.0 Å². The summed E-state index contributed by atoms with van der Waals surface area (Å²) in [6.45, 7) is 9.00. The Hall–Kier alpha value is -1.82. The number of nitriles is 1. The minimum Gasteiger partial charge on any atom is -0.468 e. The third-order valence-electron chi connectivity index (χ3n) is 4.81. The highest BCUT2D eigenvalue weighted by Gasteiger charge is 2.34. The van der Waals surface area contributed by atoms with Gasteiger partial charge in [-0.25, -0.2) is 4.98 Å². The number of nitrogens with zero attached hydrogens (tertiary/aromatic N) is 3. The monoisotopic (exact) mass is 391 g/mol. The Morgan fingerprint density at radius 2 is 2.07 bits per heavy atom. The molecule has 2 aliphatic rings. The highest BCUT2D eigenvalue weighted by molar-refractivity contribution is 8.00. The van der Waals surface area contributed by atoms with Crippen LogP contribution < -0.4 is 4.90 Å². The fraction of sp³-hybridized carbons (Fsp3) is 0.632. The molecule has 1 aromatic heterocycles. The fourth-order valence-electron chi connectivity index (χ4n) is 3.34. The molecule has 0 bridgehead atoms. The zero-order valence-corrected chi connectivity index (χ0v) is 17.0. The molecule has 0 amide bonds. The highest BCUT2D eigenvalue weighted by Crippen LogP contribution is 2.39. The molecule has 27 heavy (non-hydrogen) atoms. The summed E-state index contributed by atoms with van der Waals surface area (Å²) in [4.78, 5) is 18.9. The smallest absolute Gasteiger partial charge is 0.318 e. The van der Waals surface area contributed by atoms with Gasteiger partial charge in [-0.1, -0.05) is 11.8 Å². The average molecular weight is 391 g/mol. The van der Waals surface area contributed by atoms with Gasteiger partial charge in [0.15, 0.2) is 0 Å². The normalized spacial score (nSPS) is 19.7. The number of aromatic nitrogens is 1. The Kier molecular flexibility index (Phi) is 5.94. The van der Waals surface area contributed by atoms with E-state index in [1.807, 2.05) is 13.8 Å². The first-order valence-electron chi connectivity index (χ1n) is 9.03. The van der Waals surface area contributed by atoms with Gasteiger partial charge < -0.3 is 19.1 Å². The van der Waals surface area contributed by atoms with E-state index in [1.165, 1.54) is 18.9 Å². The molecule has 0 aliphatic carbocycles. The molecule has 3 rings (SSSR count). The second-order valence-electron chi connectivity index (χ2n) is 7.29. The molecule has 0 N–H and O–H groups in total. The number of carbonyl (C=O) groups excluding carboxylic acids is 1. The van der Waals surface area contributed by atoms with Crippen molar-refractivity contribution in [1.29, 1.82) is 5.26 Å². The van der Waals surface area contributed by atoms with Gasteiger partial charge in [0.05, 0.1) is 38.1 Å². The Morgan fingerprint density at radius 1 is 1.37 bits per heavy atom. The largest absolute Gasteiger partial charge is 0.468 e. The number of carbonyl (C=O) groups is 1. The number of fused-ring (bicyclic) bond motifs is 1. The molecule has 0 saturated carbocycles. The molecule has 146 valence electrons. The van der Waals surface area contributed by atoms with E-state index in [-0.39, 0.29) is 11.6 Å². The van der Waals surface area contributed by atoms with E-state index in [4.69, 9.17) is 19.2 Å². The van der Waals surface area contributed by atoms with Crippen molar-refractivity contribution in [3.63, 3.8) is 0 Å². The van der Waals surface area contributed by atoms with E-state index in [1.54, 1.807) is 6.92 Å². The summed E-state index contributed by atoms with van der Waals surface area (Å²) in [7, 11) is 1.36. The lowest BCUT2D eigenvalue weighted by atomic mass is 9.89. The van der Waals surface area contributed by atoms with Crippen molar-refractivity contribution in [2.24, 2.45) is 0 Å². The maximum Gasteiger partial charge on any atom is 0.318 e. The van der Waals surface area contributed by atoms with Gasteiger partial charge in [-0.15, -0.1) is 0 Å². The van der Waals surface area contributed by atoms with Gasteiger partial charge in [-0.3, -0.25) is 4.79 Å². The second-order valence-corrected chi connectivity index (χ2v) is 8.62. The first-order chi connectivity index (χ1) is 12.9. The van der Waals surface area contributed by atoms with Gasteiger partial charge in [-0.2, -0.15) is 5.26 Å². The van der Waals surface area contributed by atoms with Crippen LogP contribution in [0.15, 0.2) is 5.03 Å². The number of morpholine rings is 1. The molecule has 7 nitrogen and oxygen atoms in total. The van der Waals surface area contributed by atoms with Crippen molar-refractivity contribution < 1.29 is 19.0 Å². The lowest BCUT2D eigenvalue weighted by Crippen LogP contribution is -2.40. The molecule has 1 atom stereocenters. The minimum absolute atomic E-state index is 0.333. The average Bonchev–Trinajstić information content (AvgIpc) is 2.66. The predicted molar refractivity (Wildman–Crippen MR) is 102 cm³/mol. The summed E-state index contributed by atoms with van der Waals surface area (Å²) < 4.78 is 16.3. The van der Waals surface area contributed by atoms with Gasteiger partial charge in [-0.05, 0) is 26.3 Å². The molecule has 0 radical (unpaired) electrons. The molecule has 0 unspecified atom stereocenters. The number of pyridine rings is 1. The molecular weight excluding hydrogens is 366 g/mol. The van der Waals surface area contributed by atoms with Crippen molar-refractivity contribution >= 4 is 23.5 Å². The lowest BCUT2D eigenvalue weighted by molar-refractivity contribution is -0.139. The van der Waals surface area contributed by atoms with Crippen LogP contribution in [-0.4, -0.2) is 55.2 Å². The summed E-state index contributed by atoms with van der Waals surface area (Å²) in [6, 6.07) is 2.32. The Labute approximate surface area is 164 Å². The quantitative estimate of drug-likeness (QED) is 0.571. The maximum absolute atomic E-state index is 11.9. The van der Waals surface area contributed by atoms with Gasteiger partial charge in [0.25, 0.3) is 0 Å². The summed E-state index contributed by atoms with van der Waals surface area (Å²) in [5, 5.41) is 9.99. The summed E-state index contributed by atoms with van der Waals surface area (Å²) in [5.41, 5.74) is 2.14. The molecule has 0 aromatic carbocycles. The van der Waals surface area contributed by atoms with Crippen molar-refractivity contribution in [2.45, 2.75) is 49.7 Å². The third kappa shape index (κ3) is 4.21. The van der Waals surface area contributed by atoms with Crippen LogP contribution in [0.4, 0.5) is 5.82 Å². The standard InChI is InChI=1S/C19H25N3O4S/c1-12(18(23)24-4)27-17-14(10-20)13-9-19(2,3)26-11-15(13)16(21-17)22-5-7-25-8-6-22/h12H,5-9,11H2,1-4H3/t12-/m1/s1. The zero-order chi connectivity index (χ0) is 19.6. The molecule has 2 aliphatic heterocycles. The van der Waals surface area contributed by atoms with Crippen LogP contribution in [0.5, 0.6) is 0 Å². The maximum atomic E-state index is 11.9. The minimum atomic E-state index is -0.446. The summed E-state index contributed by atoms with van der Waals surface area (Å²) >= 11 is 1.27. The van der Waals surface area contributed by atoms with Crippen LogP contribution in [0.3, 0.4) is 0 Å². The molecule has 0 spiro atoms. The van der Waals surface area contributed by atoms with E-state index in [9.17, 15) is 10.1 Å². The highest BCUT2D eigenvalue weighted by atomic mass is 32.2. The van der Waals surface area contributed by atoms with Crippen LogP contribution in [0.2, 0.25) is 0 Å². The van der Waals surface area contributed by atoms with Crippen molar-refractivity contribution in [3.8, 4) is 6.07 Å². The van der Waals surface area contributed by atoms with Crippen LogP contribution in [-0.2, 0) is 32.0 Å². The van der Waals surface area contributed by atoms with Crippen LogP contribution in [0, 0.1) is 11.3 Å².